The summed E-state index contributed by atoms with van der Waals surface area (Å²) >= 11 is 0. The molecular weight excluding hydrogens is 376 g/mol. The lowest BCUT2D eigenvalue weighted by Gasteiger charge is -2.35. The number of nitrogens with one attached hydrogen (secondary N) is 1. The maximum atomic E-state index is 12.4. The summed E-state index contributed by atoms with van der Waals surface area (Å²) in [6.45, 7) is 4.23. The van der Waals surface area contributed by atoms with Crippen LogP contribution >= 0.6 is 0 Å². The summed E-state index contributed by atoms with van der Waals surface area (Å²) in [5.41, 5.74) is 2.35. The number of hydrogen-bond donors (Lipinski definition) is 1. The molecule has 0 saturated carbocycles. The van der Waals surface area contributed by atoms with Gasteiger partial charge in [0, 0.05) is 11.8 Å². The molecule has 6 heteroatoms. The average Bonchev–Trinajstić information content (AvgIpc) is 3.18. The fraction of sp³-hybridized carbons (Fsp3) is 0.250. The third-order valence-electron chi connectivity index (χ3n) is 5.35. The van der Waals surface area contributed by atoms with Gasteiger partial charge in [0.05, 0.1) is 23.9 Å². The maximum Gasteiger partial charge on any atom is 0.338 e. The highest BCUT2D eigenvalue weighted by Gasteiger charge is 2.47. The predicted octanol–water partition coefficient (Wildman–Crippen LogP) is 5.49. The smallest absolute Gasteiger partial charge is 0.338 e. The fourth-order valence-electron chi connectivity index (χ4n) is 3.95. The van der Waals surface area contributed by atoms with E-state index in [2.05, 4.69) is 22.3 Å². The Morgan fingerprint density at radius 3 is 2.57 bits per heavy atom. The molecule has 152 valence electrons. The number of aromatic nitrogens is 1. The predicted molar refractivity (Wildman–Crippen MR) is 116 cm³/mol. The molecule has 6 nitrogen and oxygen atoms in total. The van der Waals surface area contributed by atoms with E-state index in [1.165, 1.54) is 0 Å². The van der Waals surface area contributed by atoms with Crippen molar-refractivity contribution in [3.05, 3.63) is 89.6 Å². The SMILES string of the molecule is CCOC(=O)c1ccc2c(c1)C(c1ccccc1)(C(CC)Nc1ccccn1)N=N2. The van der Waals surface area contributed by atoms with Gasteiger partial charge in [-0.05, 0) is 49.2 Å². The molecule has 30 heavy (non-hydrogen) atoms. The Labute approximate surface area is 176 Å². The first-order valence-electron chi connectivity index (χ1n) is 10.2. The third-order valence-corrected chi connectivity index (χ3v) is 5.35. The number of azo groups is 1. The number of ether oxygens (including phenoxy) is 1. The van der Waals surface area contributed by atoms with E-state index in [1.807, 2.05) is 60.7 Å². The summed E-state index contributed by atoms with van der Waals surface area (Å²) in [4.78, 5) is 16.8. The van der Waals surface area contributed by atoms with E-state index in [4.69, 9.17) is 9.85 Å². The van der Waals surface area contributed by atoms with Crippen LogP contribution in [-0.2, 0) is 10.3 Å². The van der Waals surface area contributed by atoms with Crippen LogP contribution in [0.2, 0.25) is 0 Å². The number of nitrogens with zero attached hydrogens (tertiary/aromatic N) is 3. The lowest BCUT2D eigenvalue weighted by atomic mass is 9.76. The Kier molecular flexibility index (Phi) is 5.57. The van der Waals surface area contributed by atoms with Crippen molar-refractivity contribution in [2.45, 2.75) is 31.8 Å². The zero-order chi connectivity index (χ0) is 21.0. The van der Waals surface area contributed by atoms with Gasteiger partial charge in [-0.2, -0.15) is 10.2 Å². The molecule has 1 aliphatic rings. The highest BCUT2D eigenvalue weighted by molar-refractivity contribution is 5.90. The van der Waals surface area contributed by atoms with E-state index in [9.17, 15) is 4.79 Å². The lowest BCUT2D eigenvalue weighted by molar-refractivity contribution is 0.0526. The van der Waals surface area contributed by atoms with Gasteiger partial charge in [0.25, 0.3) is 0 Å². The number of carbonyl (C=O) groups is 1. The van der Waals surface area contributed by atoms with Gasteiger partial charge in [-0.3, -0.25) is 0 Å². The first-order chi connectivity index (χ1) is 14.7. The van der Waals surface area contributed by atoms with Crippen LogP contribution in [0, 0.1) is 0 Å². The Morgan fingerprint density at radius 1 is 1.07 bits per heavy atom. The molecular formula is C24H24N4O2. The van der Waals surface area contributed by atoms with Crippen LogP contribution in [0.4, 0.5) is 11.5 Å². The number of benzene rings is 2. The van der Waals surface area contributed by atoms with Crippen molar-refractivity contribution in [1.82, 2.24) is 4.98 Å². The molecule has 2 atom stereocenters. The second-order valence-corrected chi connectivity index (χ2v) is 7.10. The summed E-state index contributed by atoms with van der Waals surface area (Å²) < 4.78 is 5.22. The molecule has 0 aliphatic carbocycles. The van der Waals surface area contributed by atoms with Gasteiger partial charge in [0.1, 0.15) is 5.82 Å². The van der Waals surface area contributed by atoms with Crippen molar-refractivity contribution >= 4 is 17.5 Å². The van der Waals surface area contributed by atoms with Crippen LogP contribution in [0.3, 0.4) is 0 Å². The molecule has 1 aromatic heterocycles. The summed E-state index contributed by atoms with van der Waals surface area (Å²) in [7, 11) is 0. The monoisotopic (exact) mass is 400 g/mol. The summed E-state index contributed by atoms with van der Waals surface area (Å²) in [6, 6.07) is 21.1. The molecule has 3 aromatic rings. The highest BCUT2D eigenvalue weighted by Crippen LogP contribution is 2.49. The molecule has 0 radical (unpaired) electrons. The Hall–Kier alpha value is -3.54. The van der Waals surface area contributed by atoms with E-state index in [0.717, 1.165) is 29.1 Å². The maximum absolute atomic E-state index is 12.4. The van der Waals surface area contributed by atoms with E-state index < -0.39 is 5.54 Å². The Balaban J connectivity index is 1.86. The van der Waals surface area contributed by atoms with Gasteiger partial charge in [0.15, 0.2) is 5.54 Å². The number of rotatable bonds is 7. The molecule has 0 saturated heterocycles. The molecule has 4 rings (SSSR count). The number of fused-ring (bicyclic) bond motifs is 1. The van der Waals surface area contributed by atoms with Crippen LogP contribution in [0.1, 0.15) is 41.8 Å². The summed E-state index contributed by atoms with van der Waals surface area (Å²) in [6.07, 6.45) is 2.53. The first kappa shape index (κ1) is 19.8. The molecule has 0 amide bonds. The van der Waals surface area contributed by atoms with Crippen LogP contribution in [0.15, 0.2) is 83.2 Å². The van der Waals surface area contributed by atoms with Crippen LogP contribution in [0.5, 0.6) is 0 Å². The van der Waals surface area contributed by atoms with Crippen molar-refractivity contribution in [2.24, 2.45) is 10.2 Å². The molecule has 1 aliphatic heterocycles. The standard InChI is InChI=1S/C24H24N4O2/c1-3-21(26-22-12-8-9-15-25-22)24(18-10-6-5-7-11-18)19-16-17(23(29)30-4-2)13-14-20(19)27-28-24/h5-16,21H,3-4H2,1-2H3,(H,25,26). The summed E-state index contributed by atoms with van der Waals surface area (Å²) in [5.74, 6) is 0.421. The minimum absolute atomic E-state index is 0.128. The second-order valence-electron chi connectivity index (χ2n) is 7.10. The molecule has 2 heterocycles. The molecule has 0 spiro atoms. The van der Waals surface area contributed by atoms with Crippen LogP contribution < -0.4 is 5.32 Å². The zero-order valence-corrected chi connectivity index (χ0v) is 17.1. The first-order valence-corrected chi connectivity index (χ1v) is 10.2. The van der Waals surface area contributed by atoms with Crippen molar-refractivity contribution < 1.29 is 9.53 Å². The van der Waals surface area contributed by atoms with Crippen molar-refractivity contribution in [3.63, 3.8) is 0 Å². The average molecular weight is 400 g/mol. The number of carbonyl (C=O) groups excluding carboxylic acids is 1. The third kappa shape index (κ3) is 3.45. The molecule has 0 bridgehead atoms. The van der Waals surface area contributed by atoms with Crippen molar-refractivity contribution in [2.75, 3.05) is 11.9 Å². The molecule has 2 aromatic carbocycles. The van der Waals surface area contributed by atoms with Crippen LogP contribution in [-0.4, -0.2) is 23.6 Å². The van der Waals surface area contributed by atoms with Crippen LogP contribution in [0.25, 0.3) is 0 Å². The van der Waals surface area contributed by atoms with Gasteiger partial charge < -0.3 is 10.1 Å². The van der Waals surface area contributed by atoms with Gasteiger partial charge in [-0.15, -0.1) is 0 Å². The van der Waals surface area contributed by atoms with Crippen molar-refractivity contribution in [1.29, 1.82) is 0 Å². The largest absolute Gasteiger partial charge is 0.462 e. The number of pyridine rings is 1. The minimum Gasteiger partial charge on any atom is -0.462 e. The fourth-order valence-corrected chi connectivity index (χ4v) is 3.95. The topological polar surface area (TPSA) is 75.9 Å². The molecule has 1 N–H and O–H groups in total. The quantitative estimate of drug-likeness (QED) is 0.532. The van der Waals surface area contributed by atoms with Gasteiger partial charge >= 0.3 is 5.97 Å². The normalized spacial score (nSPS) is 17.9. The number of anilines is 1. The second kappa shape index (κ2) is 8.45. The zero-order valence-electron chi connectivity index (χ0n) is 17.1. The van der Waals surface area contributed by atoms with E-state index >= 15 is 0 Å². The minimum atomic E-state index is -0.786. The molecule has 0 fully saturated rings. The summed E-state index contributed by atoms with van der Waals surface area (Å²) in [5, 5.41) is 12.8. The number of esters is 1. The number of hydrogen-bond acceptors (Lipinski definition) is 6. The van der Waals surface area contributed by atoms with Crippen molar-refractivity contribution in [3.8, 4) is 0 Å². The van der Waals surface area contributed by atoms with Gasteiger partial charge in [-0.1, -0.05) is 43.3 Å². The van der Waals surface area contributed by atoms with E-state index in [1.54, 1.807) is 19.2 Å². The van der Waals surface area contributed by atoms with E-state index in [0.29, 0.717) is 12.2 Å². The molecule has 2 unspecified atom stereocenters. The Morgan fingerprint density at radius 2 is 1.87 bits per heavy atom. The van der Waals surface area contributed by atoms with E-state index in [-0.39, 0.29) is 12.0 Å². The Bertz CT molecular complexity index is 1050. The lowest BCUT2D eigenvalue weighted by Crippen LogP contribution is -2.42. The highest BCUT2D eigenvalue weighted by atomic mass is 16.5. The van der Waals surface area contributed by atoms with Gasteiger partial charge in [0.2, 0.25) is 0 Å². The van der Waals surface area contributed by atoms with Gasteiger partial charge in [-0.25, -0.2) is 9.78 Å².